The summed E-state index contributed by atoms with van der Waals surface area (Å²) in [7, 11) is -4.81. The lowest BCUT2D eigenvalue weighted by atomic mass is 10.1. The van der Waals surface area contributed by atoms with Crippen LogP contribution in [0.3, 0.4) is 0 Å². The summed E-state index contributed by atoms with van der Waals surface area (Å²) in [5.41, 5.74) is 0. The molecule has 0 aromatic heterocycles. The molecule has 0 heterocycles. The third-order valence-corrected chi connectivity index (χ3v) is 8.80. The van der Waals surface area contributed by atoms with Crippen molar-refractivity contribution in [2.45, 2.75) is 174 Å². The van der Waals surface area contributed by atoms with E-state index in [1.807, 2.05) is 12.2 Å². The fourth-order valence-electron chi connectivity index (χ4n) is 5.28. The van der Waals surface area contributed by atoms with Crippen LogP contribution in [0.15, 0.2) is 72.9 Å². The summed E-state index contributed by atoms with van der Waals surface area (Å²) >= 11 is 0. The van der Waals surface area contributed by atoms with Gasteiger partial charge in [0, 0.05) is 12.8 Å². The van der Waals surface area contributed by atoms with Gasteiger partial charge in [-0.15, -0.1) is 0 Å². The van der Waals surface area contributed by atoms with E-state index in [1.54, 1.807) is 12.2 Å². The van der Waals surface area contributed by atoms with Crippen molar-refractivity contribution in [2.24, 2.45) is 0 Å². The maximum atomic E-state index is 12.4. The second kappa shape index (κ2) is 37.8. The van der Waals surface area contributed by atoms with Crippen molar-refractivity contribution in [3.63, 3.8) is 0 Å². The number of esters is 2. The van der Waals surface area contributed by atoms with Gasteiger partial charge in [-0.3, -0.25) is 14.1 Å². The Bertz CT molecular complexity index is 1100. The maximum Gasteiger partial charge on any atom is 0.469 e. The Morgan fingerprint density at radius 1 is 0.604 bits per heavy atom. The molecule has 1 unspecified atom stereocenters. The molecule has 9 nitrogen and oxygen atoms in total. The van der Waals surface area contributed by atoms with Crippen molar-refractivity contribution in [3.8, 4) is 0 Å². The summed E-state index contributed by atoms with van der Waals surface area (Å²) in [6, 6.07) is 0. The normalized spacial score (nSPS) is 13.8. The number of allylic oxidation sites excluding steroid dienone is 11. The smallest absolute Gasteiger partial charge is 0.462 e. The Kier molecular flexibility index (Phi) is 35.9. The van der Waals surface area contributed by atoms with Crippen LogP contribution in [-0.4, -0.2) is 52.3 Å². The molecule has 0 aliphatic heterocycles. The highest BCUT2D eigenvalue weighted by Gasteiger charge is 2.23. The van der Waals surface area contributed by atoms with Gasteiger partial charge in [-0.05, 0) is 70.6 Å². The summed E-state index contributed by atoms with van der Waals surface area (Å²) < 4.78 is 26.2. The highest BCUT2D eigenvalue weighted by Crippen LogP contribution is 2.36. The molecule has 304 valence electrons. The number of hydrogen-bond donors (Lipinski definition) is 3. The van der Waals surface area contributed by atoms with Gasteiger partial charge in [-0.2, -0.15) is 0 Å². The third-order valence-electron chi connectivity index (χ3n) is 8.31. The number of ether oxygens (including phenoxy) is 2. The maximum absolute atomic E-state index is 12.4. The topological polar surface area (TPSA) is 140 Å². The summed E-state index contributed by atoms with van der Waals surface area (Å²) in [5.74, 6) is -1.10. The fourth-order valence-corrected chi connectivity index (χ4v) is 5.64. The number of phosphoric ester groups is 1. The van der Waals surface area contributed by atoms with Crippen LogP contribution in [0.4, 0.5) is 0 Å². The van der Waals surface area contributed by atoms with E-state index in [0.29, 0.717) is 19.3 Å². The standard InChI is InChI=1S/C43H73O9P/c1-3-5-7-9-11-13-15-17-18-19-20-22-24-26-28-30-32-36-42(45)50-38-41(39-51-53(47,48)49)52-43(46)37-33-35-40(44)34-31-29-27-25-23-21-16-14-12-10-8-6-4-2/h6,8,12,14,17-18,21,23,27,29,31,34,40-41,44H,3-5,7,9-11,13,15-16,19-20,22,24-26,28,30,32-33,35-39H2,1-2H3,(H2,47,48,49)/b8-6-,14-12-,18-17-,23-21-,29-27-,34-31+/t40?,41-/m1/s1. The van der Waals surface area contributed by atoms with Gasteiger partial charge in [-0.1, -0.05) is 151 Å². The predicted molar refractivity (Wildman–Crippen MR) is 217 cm³/mol. The number of aliphatic hydroxyl groups is 1. The molecule has 2 atom stereocenters. The van der Waals surface area contributed by atoms with E-state index in [1.165, 1.54) is 64.2 Å². The zero-order valence-corrected chi connectivity index (χ0v) is 33.9. The van der Waals surface area contributed by atoms with Crippen molar-refractivity contribution in [1.29, 1.82) is 0 Å². The van der Waals surface area contributed by atoms with Crippen LogP contribution >= 0.6 is 7.82 Å². The van der Waals surface area contributed by atoms with Crippen LogP contribution in [-0.2, 0) is 28.2 Å². The number of hydrogen-bond acceptors (Lipinski definition) is 7. The summed E-state index contributed by atoms with van der Waals surface area (Å²) in [6.45, 7) is 3.39. The zero-order valence-electron chi connectivity index (χ0n) is 33.0. The van der Waals surface area contributed by atoms with Gasteiger partial charge in [0.05, 0.1) is 12.7 Å². The molecule has 0 aromatic carbocycles. The molecule has 0 fully saturated rings. The molecule has 0 saturated carbocycles. The van der Waals surface area contributed by atoms with Crippen molar-refractivity contribution in [2.75, 3.05) is 13.2 Å². The van der Waals surface area contributed by atoms with Crippen LogP contribution in [0.2, 0.25) is 0 Å². The minimum Gasteiger partial charge on any atom is -0.462 e. The Hall–Kier alpha value is -2.55. The molecule has 3 N–H and O–H groups in total. The zero-order chi connectivity index (χ0) is 39.1. The molecule has 0 aromatic rings. The lowest BCUT2D eigenvalue weighted by Crippen LogP contribution is -2.29. The van der Waals surface area contributed by atoms with Crippen LogP contribution in [0.25, 0.3) is 0 Å². The van der Waals surface area contributed by atoms with Crippen molar-refractivity contribution >= 4 is 19.8 Å². The molecule has 0 aliphatic carbocycles. The minimum absolute atomic E-state index is 0.0226. The van der Waals surface area contributed by atoms with Crippen molar-refractivity contribution in [3.05, 3.63) is 72.9 Å². The second-order valence-electron chi connectivity index (χ2n) is 13.4. The average molecular weight is 765 g/mol. The SMILES string of the molecule is CC/C=C\C/C=C\C/C=C\C/C=C\C=C\C(O)CCCC(=O)O[C@H](COC(=O)CCCCCCCCC/C=C\CCCCCCCC)COP(=O)(O)O. The Balaban J connectivity index is 4.15. The molecule has 0 radical (unpaired) electrons. The second-order valence-corrected chi connectivity index (χ2v) is 14.7. The Morgan fingerprint density at radius 3 is 1.72 bits per heavy atom. The fraction of sp³-hybridized carbons (Fsp3) is 0.674. The van der Waals surface area contributed by atoms with Crippen LogP contribution in [0.5, 0.6) is 0 Å². The molecule has 0 spiro atoms. The van der Waals surface area contributed by atoms with Crippen molar-refractivity contribution in [1.82, 2.24) is 0 Å². The predicted octanol–water partition coefficient (Wildman–Crippen LogP) is 11.3. The molecule has 0 aliphatic rings. The number of rotatable bonds is 36. The van der Waals surface area contributed by atoms with Gasteiger partial charge in [0.15, 0.2) is 6.10 Å². The largest absolute Gasteiger partial charge is 0.469 e. The number of phosphoric acid groups is 1. The van der Waals surface area contributed by atoms with E-state index in [2.05, 4.69) is 67.0 Å². The molecule has 0 rings (SSSR count). The van der Waals surface area contributed by atoms with Gasteiger partial charge < -0.3 is 24.4 Å². The minimum atomic E-state index is -4.81. The summed E-state index contributed by atoms with van der Waals surface area (Å²) in [5, 5.41) is 10.2. The van der Waals surface area contributed by atoms with Gasteiger partial charge in [0.1, 0.15) is 6.61 Å². The summed E-state index contributed by atoms with van der Waals surface area (Å²) in [6.07, 6.45) is 45.1. The number of unbranched alkanes of at least 4 members (excludes halogenated alkanes) is 13. The quantitative estimate of drug-likeness (QED) is 0.0187. The molecular formula is C43H73O9P. The van der Waals surface area contributed by atoms with E-state index >= 15 is 0 Å². The molecule has 10 heteroatoms. The average Bonchev–Trinajstić information content (AvgIpc) is 3.12. The molecular weight excluding hydrogens is 691 g/mol. The van der Waals surface area contributed by atoms with E-state index < -0.39 is 38.6 Å². The van der Waals surface area contributed by atoms with Crippen LogP contribution in [0.1, 0.15) is 162 Å². The first-order valence-corrected chi connectivity index (χ1v) is 21.9. The lowest BCUT2D eigenvalue weighted by Gasteiger charge is -2.18. The molecule has 0 saturated heterocycles. The van der Waals surface area contributed by atoms with E-state index in [0.717, 1.165) is 51.4 Å². The highest BCUT2D eigenvalue weighted by molar-refractivity contribution is 7.46. The molecule has 53 heavy (non-hydrogen) atoms. The first-order valence-electron chi connectivity index (χ1n) is 20.3. The van der Waals surface area contributed by atoms with Gasteiger partial charge in [0.25, 0.3) is 0 Å². The van der Waals surface area contributed by atoms with E-state index in [9.17, 15) is 19.3 Å². The third kappa shape index (κ3) is 40.5. The Morgan fingerprint density at radius 2 is 1.13 bits per heavy atom. The van der Waals surface area contributed by atoms with Gasteiger partial charge >= 0.3 is 19.8 Å². The van der Waals surface area contributed by atoms with E-state index in [-0.39, 0.29) is 19.4 Å². The van der Waals surface area contributed by atoms with E-state index in [4.69, 9.17) is 19.3 Å². The van der Waals surface area contributed by atoms with Gasteiger partial charge in [-0.25, -0.2) is 4.57 Å². The molecule has 0 amide bonds. The Labute approximate surface area is 322 Å². The number of carbonyl (C=O) groups excluding carboxylic acids is 2. The molecule has 0 bridgehead atoms. The monoisotopic (exact) mass is 764 g/mol. The first-order chi connectivity index (χ1) is 25.7. The van der Waals surface area contributed by atoms with Crippen molar-refractivity contribution < 1.29 is 43.0 Å². The summed E-state index contributed by atoms with van der Waals surface area (Å²) in [4.78, 5) is 42.8. The lowest BCUT2D eigenvalue weighted by molar-refractivity contribution is -0.161. The number of aliphatic hydroxyl groups excluding tert-OH is 1. The van der Waals surface area contributed by atoms with Crippen LogP contribution in [0, 0.1) is 0 Å². The first kappa shape index (κ1) is 50.5. The van der Waals surface area contributed by atoms with Gasteiger partial charge in [0.2, 0.25) is 0 Å². The number of carbonyl (C=O) groups is 2. The highest BCUT2D eigenvalue weighted by atomic mass is 31.2. The van der Waals surface area contributed by atoms with Crippen LogP contribution < -0.4 is 0 Å².